The highest BCUT2D eigenvalue weighted by atomic mass is 79.9. The molecule has 1 aromatic heterocycles. The number of aromatic carboxylic acids is 1. The van der Waals surface area contributed by atoms with Gasteiger partial charge in [0.25, 0.3) is 0 Å². The molecular formula is C13H13BrN2O3. The lowest BCUT2D eigenvalue weighted by Crippen LogP contribution is -2.06. The van der Waals surface area contributed by atoms with Gasteiger partial charge >= 0.3 is 5.97 Å². The number of carbonyl (C=O) groups is 1. The normalized spacial score (nSPS) is 10.4. The molecular weight excluding hydrogens is 312 g/mol. The Morgan fingerprint density at radius 3 is 3.00 bits per heavy atom. The number of imidazole rings is 1. The second kappa shape index (κ2) is 5.88. The number of aryl methyl sites for hydroxylation is 1. The average Bonchev–Trinajstić information content (AvgIpc) is 2.84. The van der Waals surface area contributed by atoms with Gasteiger partial charge in [-0.05, 0) is 41.1 Å². The largest absolute Gasteiger partial charge is 0.486 e. The van der Waals surface area contributed by atoms with Gasteiger partial charge in [0.05, 0.1) is 5.56 Å². The molecule has 0 aliphatic carbocycles. The van der Waals surface area contributed by atoms with Gasteiger partial charge in [0.15, 0.2) is 0 Å². The summed E-state index contributed by atoms with van der Waals surface area (Å²) in [6.07, 6.45) is 3.59. The highest BCUT2D eigenvalue weighted by Crippen LogP contribution is 2.23. The number of carboxylic acid groups (broad SMARTS) is 1. The van der Waals surface area contributed by atoms with Gasteiger partial charge < -0.3 is 14.4 Å². The fourth-order valence-electron chi connectivity index (χ4n) is 1.67. The number of aromatic nitrogens is 2. The molecule has 0 saturated heterocycles. The van der Waals surface area contributed by atoms with Crippen LogP contribution in [0.3, 0.4) is 0 Å². The van der Waals surface area contributed by atoms with Gasteiger partial charge in [-0.15, -0.1) is 0 Å². The average molecular weight is 325 g/mol. The van der Waals surface area contributed by atoms with E-state index in [0.29, 0.717) is 16.8 Å². The third-order valence-electron chi connectivity index (χ3n) is 2.68. The van der Waals surface area contributed by atoms with E-state index in [9.17, 15) is 4.79 Å². The van der Waals surface area contributed by atoms with Crippen LogP contribution >= 0.6 is 15.9 Å². The second-order valence-corrected chi connectivity index (χ2v) is 4.72. The summed E-state index contributed by atoms with van der Waals surface area (Å²) in [7, 11) is 0. The Hall–Kier alpha value is -1.82. The second-order valence-electron chi connectivity index (χ2n) is 3.86. The molecule has 0 spiro atoms. The van der Waals surface area contributed by atoms with E-state index >= 15 is 0 Å². The first-order valence-corrected chi connectivity index (χ1v) is 6.56. The molecule has 1 N–H and O–H groups in total. The molecule has 0 saturated carbocycles. The molecule has 0 fully saturated rings. The van der Waals surface area contributed by atoms with Crippen molar-refractivity contribution in [1.29, 1.82) is 0 Å². The minimum atomic E-state index is -0.993. The number of rotatable bonds is 5. The van der Waals surface area contributed by atoms with Gasteiger partial charge in [-0.1, -0.05) is 0 Å². The standard InChI is InChI=1S/C13H13BrN2O3/c1-2-16-6-5-15-12(16)8-19-9-3-4-11(14)10(7-9)13(17)18/h3-7H,2,8H2,1H3,(H,17,18). The summed E-state index contributed by atoms with van der Waals surface area (Å²) < 4.78 is 8.07. The Labute approximate surface area is 119 Å². The van der Waals surface area contributed by atoms with E-state index in [1.165, 1.54) is 6.07 Å². The minimum Gasteiger partial charge on any atom is -0.486 e. The van der Waals surface area contributed by atoms with E-state index in [4.69, 9.17) is 9.84 Å². The van der Waals surface area contributed by atoms with Crippen LogP contribution in [0.2, 0.25) is 0 Å². The van der Waals surface area contributed by atoms with Gasteiger partial charge in [0.2, 0.25) is 0 Å². The SMILES string of the molecule is CCn1ccnc1COc1ccc(Br)c(C(=O)O)c1. The molecule has 0 unspecified atom stereocenters. The quantitative estimate of drug-likeness (QED) is 0.918. The highest BCUT2D eigenvalue weighted by Gasteiger charge is 2.10. The number of ether oxygens (including phenoxy) is 1. The number of halogens is 1. The Bertz CT molecular complexity index is 595. The maximum absolute atomic E-state index is 11.0. The van der Waals surface area contributed by atoms with Crippen molar-refractivity contribution in [2.24, 2.45) is 0 Å². The summed E-state index contributed by atoms with van der Waals surface area (Å²) in [5.74, 6) is 0.320. The number of carboxylic acids is 1. The molecule has 1 heterocycles. The molecule has 100 valence electrons. The van der Waals surface area contributed by atoms with E-state index in [2.05, 4.69) is 20.9 Å². The smallest absolute Gasteiger partial charge is 0.336 e. The number of benzene rings is 1. The van der Waals surface area contributed by atoms with Gasteiger partial charge in [0, 0.05) is 23.4 Å². The van der Waals surface area contributed by atoms with Crippen molar-refractivity contribution in [1.82, 2.24) is 9.55 Å². The molecule has 0 aliphatic rings. The monoisotopic (exact) mass is 324 g/mol. The fraction of sp³-hybridized carbons (Fsp3) is 0.231. The van der Waals surface area contributed by atoms with Crippen LogP contribution in [0.4, 0.5) is 0 Å². The molecule has 0 aliphatic heterocycles. The molecule has 1 aromatic carbocycles. The van der Waals surface area contributed by atoms with Crippen LogP contribution in [0.25, 0.3) is 0 Å². The van der Waals surface area contributed by atoms with Crippen LogP contribution < -0.4 is 4.74 Å². The van der Waals surface area contributed by atoms with Crippen LogP contribution in [-0.2, 0) is 13.2 Å². The molecule has 6 heteroatoms. The highest BCUT2D eigenvalue weighted by molar-refractivity contribution is 9.10. The molecule has 19 heavy (non-hydrogen) atoms. The van der Waals surface area contributed by atoms with Crippen LogP contribution in [0.15, 0.2) is 35.1 Å². The summed E-state index contributed by atoms with van der Waals surface area (Å²) >= 11 is 3.19. The Morgan fingerprint density at radius 1 is 1.53 bits per heavy atom. The Kier molecular flexibility index (Phi) is 4.21. The van der Waals surface area contributed by atoms with E-state index in [-0.39, 0.29) is 5.56 Å². The molecule has 0 radical (unpaired) electrons. The van der Waals surface area contributed by atoms with Gasteiger partial charge in [-0.3, -0.25) is 0 Å². The zero-order valence-electron chi connectivity index (χ0n) is 10.3. The summed E-state index contributed by atoms with van der Waals surface area (Å²) in [4.78, 5) is 15.2. The first kappa shape index (κ1) is 13.6. The van der Waals surface area contributed by atoms with Crippen LogP contribution in [-0.4, -0.2) is 20.6 Å². The molecule has 2 aromatic rings. The summed E-state index contributed by atoms with van der Waals surface area (Å²) in [6, 6.07) is 4.87. The zero-order chi connectivity index (χ0) is 13.8. The Morgan fingerprint density at radius 2 is 2.32 bits per heavy atom. The van der Waals surface area contributed by atoms with E-state index in [1.807, 2.05) is 17.7 Å². The number of hydrogen-bond acceptors (Lipinski definition) is 3. The lowest BCUT2D eigenvalue weighted by molar-refractivity contribution is 0.0695. The minimum absolute atomic E-state index is 0.177. The van der Waals surface area contributed by atoms with Crippen molar-refractivity contribution in [2.75, 3.05) is 0 Å². The fourth-order valence-corrected chi connectivity index (χ4v) is 2.09. The first-order valence-electron chi connectivity index (χ1n) is 5.77. The maximum Gasteiger partial charge on any atom is 0.336 e. The molecule has 0 amide bonds. The van der Waals surface area contributed by atoms with Gasteiger partial charge in [-0.2, -0.15) is 0 Å². The number of hydrogen-bond donors (Lipinski definition) is 1. The van der Waals surface area contributed by atoms with Crippen LogP contribution in [0, 0.1) is 0 Å². The predicted octanol–water partition coefficient (Wildman–Crippen LogP) is 2.94. The third-order valence-corrected chi connectivity index (χ3v) is 3.37. The molecule has 2 rings (SSSR count). The van der Waals surface area contributed by atoms with E-state index in [0.717, 1.165) is 12.4 Å². The van der Waals surface area contributed by atoms with E-state index in [1.54, 1.807) is 18.3 Å². The third kappa shape index (κ3) is 3.14. The predicted molar refractivity (Wildman–Crippen MR) is 73.3 cm³/mol. The van der Waals surface area contributed by atoms with Gasteiger partial charge in [-0.25, -0.2) is 9.78 Å². The summed E-state index contributed by atoms with van der Waals surface area (Å²) in [5, 5.41) is 9.02. The molecule has 0 atom stereocenters. The first-order chi connectivity index (χ1) is 9.11. The van der Waals surface area contributed by atoms with Crippen molar-refractivity contribution in [3.05, 3.63) is 46.5 Å². The van der Waals surface area contributed by atoms with Crippen molar-refractivity contribution in [2.45, 2.75) is 20.1 Å². The van der Waals surface area contributed by atoms with Crippen molar-refractivity contribution in [3.63, 3.8) is 0 Å². The van der Waals surface area contributed by atoms with Crippen molar-refractivity contribution in [3.8, 4) is 5.75 Å². The van der Waals surface area contributed by atoms with E-state index < -0.39 is 5.97 Å². The lowest BCUT2D eigenvalue weighted by atomic mass is 10.2. The lowest BCUT2D eigenvalue weighted by Gasteiger charge is -2.09. The maximum atomic E-state index is 11.0. The topological polar surface area (TPSA) is 64.4 Å². The summed E-state index contributed by atoms with van der Waals surface area (Å²) in [5.41, 5.74) is 0.177. The number of nitrogens with zero attached hydrogens (tertiary/aromatic N) is 2. The van der Waals surface area contributed by atoms with Crippen LogP contribution in [0.1, 0.15) is 23.1 Å². The molecule has 5 nitrogen and oxygen atoms in total. The zero-order valence-corrected chi connectivity index (χ0v) is 11.9. The van der Waals surface area contributed by atoms with Crippen LogP contribution in [0.5, 0.6) is 5.75 Å². The van der Waals surface area contributed by atoms with Crippen molar-refractivity contribution >= 4 is 21.9 Å². The van der Waals surface area contributed by atoms with Crippen molar-refractivity contribution < 1.29 is 14.6 Å². The Balaban J connectivity index is 2.12. The molecule has 0 bridgehead atoms. The summed E-state index contributed by atoms with van der Waals surface area (Å²) in [6.45, 7) is 3.15. The van der Waals surface area contributed by atoms with Gasteiger partial charge in [0.1, 0.15) is 18.2 Å².